The van der Waals surface area contributed by atoms with Crippen molar-refractivity contribution in [2.45, 2.75) is 19.8 Å². The van der Waals surface area contributed by atoms with Crippen molar-refractivity contribution in [1.29, 1.82) is 0 Å². The number of H-pyrrole nitrogens is 1. The van der Waals surface area contributed by atoms with Crippen molar-refractivity contribution in [3.05, 3.63) is 63.1 Å². The fourth-order valence-corrected chi connectivity index (χ4v) is 1.95. The number of benzene rings is 1. The summed E-state index contributed by atoms with van der Waals surface area (Å²) in [6.07, 6.45) is -0.0877. The SMILES string of the molecule is Cc1nc(Cc2cccc(F)c2)[nH]c(=O)c1CC(=O)O. The Morgan fingerprint density at radius 1 is 1.45 bits per heavy atom. The molecule has 20 heavy (non-hydrogen) atoms. The Morgan fingerprint density at radius 3 is 2.80 bits per heavy atom. The number of carboxylic acid groups (broad SMARTS) is 1. The van der Waals surface area contributed by atoms with Gasteiger partial charge in [0.15, 0.2) is 0 Å². The summed E-state index contributed by atoms with van der Waals surface area (Å²) in [4.78, 5) is 29.2. The predicted octanol–water partition coefficient (Wildman–Crippen LogP) is 1.44. The summed E-state index contributed by atoms with van der Waals surface area (Å²) in [5, 5.41) is 8.73. The van der Waals surface area contributed by atoms with Crippen molar-refractivity contribution < 1.29 is 14.3 Å². The van der Waals surface area contributed by atoms with Gasteiger partial charge in [0.1, 0.15) is 11.6 Å². The number of aromatic amines is 1. The zero-order valence-corrected chi connectivity index (χ0v) is 10.8. The van der Waals surface area contributed by atoms with E-state index in [1.807, 2.05) is 0 Å². The van der Waals surface area contributed by atoms with Gasteiger partial charge in [0.25, 0.3) is 5.56 Å². The first-order valence-corrected chi connectivity index (χ1v) is 6.00. The molecule has 1 heterocycles. The maximum absolute atomic E-state index is 13.1. The molecule has 6 heteroatoms. The highest BCUT2D eigenvalue weighted by atomic mass is 19.1. The number of rotatable bonds is 4. The van der Waals surface area contributed by atoms with Crippen LogP contribution in [0.4, 0.5) is 4.39 Å². The molecule has 0 atom stereocenters. The van der Waals surface area contributed by atoms with Crippen LogP contribution < -0.4 is 5.56 Å². The summed E-state index contributed by atoms with van der Waals surface area (Å²) in [6, 6.07) is 6.00. The van der Waals surface area contributed by atoms with Gasteiger partial charge in [0, 0.05) is 17.7 Å². The molecule has 5 nitrogen and oxygen atoms in total. The lowest BCUT2D eigenvalue weighted by atomic mass is 10.1. The summed E-state index contributed by atoms with van der Waals surface area (Å²) in [5.41, 5.74) is 0.730. The van der Waals surface area contributed by atoms with Gasteiger partial charge in [-0.25, -0.2) is 9.37 Å². The van der Waals surface area contributed by atoms with E-state index in [0.29, 0.717) is 17.1 Å². The molecule has 2 rings (SSSR count). The Kier molecular flexibility index (Phi) is 3.93. The third kappa shape index (κ3) is 3.28. The smallest absolute Gasteiger partial charge is 0.308 e. The maximum atomic E-state index is 13.1. The van der Waals surface area contributed by atoms with E-state index in [0.717, 1.165) is 0 Å². The minimum absolute atomic E-state index is 0.139. The molecule has 1 aromatic heterocycles. The Labute approximate surface area is 114 Å². The van der Waals surface area contributed by atoms with Crippen molar-refractivity contribution in [3.63, 3.8) is 0 Å². The van der Waals surface area contributed by atoms with Crippen LogP contribution in [0.2, 0.25) is 0 Å². The molecule has 0 radical (unpaired) electrons. The lowest BCUT2D eigenvalue weighted by molar-refractivity contribution is -0.136. The van der Waals surface area contributed by atoms with Gasteiger partial charge < -0.3 is 10.1 Å². The molecule has 0 amide bonds. The topological polar surface area (TPSA) is 83.0 Å². The third-order valence-electron chi connectivity index (χ3n) is 2.86. The molecule has 0 spiro atoms. The summed E-state index contributed by atoms with van der Waals surface area (Å²) in [7, 11) is 0. The number of aryl methyl sites for hydroxylation is 1. The molecule has 0 fully saturated rings. The standard InChI is InChI=1S/C14H13FN2O3/c1-8-11(7-13(18)19)14(20)17-12(16-8)6-9-3-2-4-10(15)5-9/h2-5H,6-7H2,1H3,(H,18,19)(H,16,17,20). The Hall–Kier alpha value is -2.50. The van der Waals surface area contributed by atoms with Crippen LogP contribution in [0.25, 0.3) is 0 Å². The van der Waals surface area contributed by atoms with Crippen LogP contribution in [0, 0.1) is 12.7 Å². The first-order chi connectivity index (χ1) is 9.45. The van der Waals surface area contributed by atoms with E-state index >= 15 is 0 Å². The lowest BCUT2D eigenvalue weighted by Crippen LogP contribution is -2.21. The van der Waals surface area contributed by atoms with Crippen LogP contribution in [0.3, 0.4) is 0 Å². The van der Waals surface area contributed by atoms with Gasteiger partial charge >= 0.3 is 5.97 Å². The molecule has 0 saturated carbocycles. The van der Waals surface area contributed by atoms with E-state index in [-0.39, 0.29) is 24.2 Å². The van der Waals surface area contributed by atoms with Gasteiger partial charge in [-0.3, -0.25) is 9.59 Å². The normalized spacial score (nSPS) is 10.5. The monoisotopic (exact) mass is 276 g/mol. The van der Waals surface area contributed by atoms with E-state index in [4.69, 9.17) is 5.11 Å². The van der Waals surface area contributed by atoms with E-state index in [2.05, 4.69) is 9.97 Å². The number of nitrogens with zero attached hydrogens (tertiary/aromatic N) is 1. The second-order valence-electron chi connectivity index (χ2n) is 4.45. The second-order valence-corrected chi connectivity index (χ2v) is 4.45. The van der Waals surface area contributed by atoms with Crippen LogP contribution >= 0.6 is 0 Å². The lowest BCUT2D eigenvalue weighted by Gasteiger charge is -2.06. The molecule has 0 saturated heterocycles. The number of aromatic nitrogens is 2. The largest absolute Gasteiger partial charge is 0.481 e. The number of halogens is 1. The van der Waals surface area contributed by atoms with Crippen LogP contribution in [-0.4, -0.2) is 21.0 Å². The molecule has 1 aromatic carbocycles. The molecule has 0 aliphatic heterocycles. The number of carboxylic acids is 1. The van der Waals surface area contributed by atoms with Gasteiger partial charge in [-0.2, -0.15) is 0 Å². The summed E-state index contributed by atoms with van der Waals surface area (Å²) in [6.45, 7) is 1.59. The van der Waals surface area contributed by atoms with Gasteiger partial charge in [0.2, 0.25) is 0 Å². The van der Waals surface area contributed by atoms with Gasteiger partial charge in [-0.1, -0.05) is 12.1 Å². The third-order valence-corrected chi connectivity index (χ3v) is 2.86. The molecule has 104 valence electrons. The highest BCUT2D eigenvalue weighted by Crippen LogP contribution is 2.08. The highest BCUT2D eigenvalue weighted by molar-refractivity contribution is 5.70. The molecular weight excluding hydrogens is 263 g/mol. The van der Waals surface area contributed by atoms with Gasteiger partial charge in [-0.15, -0.1) is 0 Å². The summed E-state index contributed by atoms with van der Waals surface area (Å²) in [5.74, 6) is -1.06. The maximum Gasteiger partial charge on any atom is 0.308 e. The van der Waals surface area contributed by atoms with Crippen molar-refractivity contribution in [2.75, 3.05) is 0 Å². The zero-order valence-electron chi connectivity index (χ0n) is 10.8. The Bertz CT molecular complexity index is 710. The first-order valence-electron chi connectivity index (χ1n) is 6.00. The molecule has 2 N–H and O–H groups in total. The van der Waals surface area contributed by atoms with E-state index in [9.17, 15) is 14.0 Å². The van der Waals surface area contributed by atoms with E-state index in [1.54, 1.807) is 19.1 Å². The second kappa shape index (κ2) is 5.64. The summed E-state index contributed by atoms with van der Waals surface area (Å²) >= 11 is 0. The number of carbonyl (C=O) groups is 1. The fourth-order valence-electron chi connectivity index (χ4n) is 1.95. The fraction of sp³-hybridized carbons (Fsp3) is 0.214. The van der Waals surface area contributed by atoms with E-state index < -0.39 is 11.5 Å². The number of hydrogen-bond acceptors (Lipinski definition) is 3. The van der Waals surface area contributed by atoms with Crippen LogP contribution in [-0.2, 0) is 17.6 Å². The molecule has 0 aliphatic carbocycles. The molecular formula is C14H13FN2O3. The predicted molar refractivity (Wildman–Crippen MR) is 70.1 cm³/mol. The molecule has 0 unspecified atom stereocenters. The van der Waals surface area contributed by atoms with Crippen molar-refractivity contribution >= 4 is 5.97 Å². The molecule has 0 bridgehead atoms. The minimum Gasteiger partial charge on any atom is -0.481 e. The Morgan fingerprint density at radius 2 is 2.20 bits per heavy atom. The molecule has 0 aliphatic rings. The summed E-state index contributed by atoms with van der Waals surface area (Å²) < 4.78 is 13.1. The Balaban J connectivity index is 2.31. The van der Waals surface area contributed by atoms with Crippen LogP contribution in [0.1, 0.15) is 22.6 Å². The quantitative estimate of drug-likeness (QED) is 0.885. The van der Waals surface area contributed by atoms with E-state index in [1.165, 1.54) is 12.1 Å². The number of nitrogens with one attached hydrogen (secondary N) is 1. The van der Waals surface area contributed by atoms with Crippen LogP contribution in [0.5, 0.6) is 0 Å². The average molecular weight is 276 g/mol. The van der Waals surface area contributed by atoms with Crippen molar-refractivity contribution in [1.82, 2.24) is 9.97 Å². The van der Waals surface area contributed by atoms with Crippen molar-refractivity contribution in [3.8, 4) is 0 Å². The number of hydrogen-bond donors (Lipinski definition) is 2. The zero-order chi connectivity index (χ0) is 14.7. The molecule has 2 aromatic rings. The van der Waals surface area contributed by atoms with Crippen molar-refractivity contribution in [2.24, 2.45) is 0 Å². The van der Waals surface area contributed by atoms with Gasteiger partial charge in [0.05, 0.1) is 6.42 Å². The first kappa shape index (κ1) is 13.9. The average Bonchev–Trinajstić information content (AvgIpc) is 2.33. The highest BCUT2D eigenvalue weighted by Gasteiger charge is 2.12. The number of aliphatic carboxylic acids is 1. The minimum atomic E-state index is -1.08. The van der Waals surface area contributed by atoms with Crippen LogP contribution in [0.15, 0.2) is 29.1 Å². The van der Waals surface area contributed by atoms with Gasteiger partial charge in [-0.05, 0) is 24.6 Å².